The molecule has 1 aromatic heterocycles. The highest BCUT2D eigenvalue weighted by Crippen LogP contribution is 2.31. The van der Waals surface area contributed by atoms with E-state index in [1.807, 2.05) is 18.2 Å². The van der Waals surface area contributed by atoms with Crippen LogP contribution in [0.15, 0.2) is 40.2 Å². The molecule has 4 heteroatoms. The molecule has 1 atom stereocenters. The number of nitrogens with one attached hydrogen (secondary N) is 1. The van der Waals surface area contributed by atoms with Gasteiger partial charge in [-0.3, -0.25) is 5.84 Å². The van der Waals surface area contributed by atoms with Gasteiger partial charge in [0.1, 0.15) is 0 Å². The molecular formula is C12H13BrN2S. The first-order chi connectivity index (χ1) is 7.72. The van der Waals surface area contributed by atoms with Crippen LogP contribution in [0.1, 0.15) is 22.0 Å². The van der Waals surface area contributed by atoms with Gasteiger partial charge in [-0.25, -0.2) is 5.43 Å². The van der Waals surface area contributed by atoms with Crippen LogP contribution in [0.25, 0.3) is 0 Å². The van der Waals surface area contributed by atoms with Crippen molar-refractivity contribution in [3.05, 3.63) is 56.2 Å². The van der Waals surface area contributed by atoms with Gasteiger partial charge < -0.3 is 0 Å². The van der Waals surface area contributed by atoms with Gasteiger partial charge in [-0.05, 0) is 46.1 Å². The molecule has 0 radical (unpaired) electrons. The standard InChI is InChI=1S/C12H13BrN2S/c1-8-4-2-3-5-9(8)12(15-14)10-6-7-11(13)16-10/h2-7,12,15H,14H2,1H3. The second-order valence-corrected chi connectivity index (χ2v) is 6.09. The number of rotatable bonds is 3. The zero-order chi connectivity index (χ0) is 11.5. The SMILES string of the molecule is Cc1ccccc1C(NN)c1ccc(Br)s1. The van der Waals surface area contributed by atoms with Crippen LogP contribution in [-0.2, 0) is 0 Å². The van der Waals surface area contributed by atoms with E-state index in [0.717, 1.165) is 3.79 Å². The summed E-state index contributed by atoms with van der Waals surface area (Å²) >= 11 is 5.17. The summed E-state index contributed by atoms with van der Waals surface area (Å²) in [5, 5.41) is 0. The zero-order valence-electron chi connectivity index (χ0n) is 8.91. The van der Waals surface area contributed by atoms with Gasteiger partial charge in [0, 0.05) is 4.88 Å². The third-order valence-corrected chi connectivity index (χ3v) is 4.23. The molecule has 2 aromatic rings. The van der Waals surface area contributed by atoms with Gasteiger partial charge in [-0.1, -0.05) is 24.3 Å². The molecule has 3 N–H and O–H groups in total. The third kappa shape index (κ3) is 2.35. The maximum atomic E-state index is 5.66. The molecule has 0 bridgehead atoms. The Hall–Kier alpha value is -0.680. The molecule has 2 nitrogen and oxygen atoms in total. The van der Waals surface area contributed by atoms with E-state index < -0.39 is 0 Å². The number of hydrogen-bond donors (Lipinski definition) is 2. The van der Waals surface area contributed by atoms with Gasteiger partial charge in [-0.2, -0.15) is 0 Å². The fraction of sp³-hybridized carbons (Fsp3) is 0.167. The lowest BCUT2D eigenvalue weighted by molar-refractivity contribution is 0.643. The molecule has 16 heavy (non-hydrogen) atoms. The average molecular weight is 297 g/mol. The summed E-state index contributed by atoms with van der Waals surface area (Å²) in [6, 6.07) is 12.5. The predicted octanol–water partition coefficient (Wildman–Crippen LogP) is 3.37. The molecule has 0 aliphatic rings. The van der Waals surface area contributed by atoms with Crippen LogP contribution < -0.4 is 11.3 Å². The highest BCUT2D eigenvalue weighted by molar-refractivity contribution is 9.11. The van der Waals surface area contributed by atoms with E-state index in [-0.39, 0.29) is 6.04 Å². The van der Waals surface area contributed by atoms with Crippen LogP contribution in [0.4, 0.5) is 0 Å². The van der Waals surface area contributed by atoms with Crippen molar-refractivity contribution < 1.29 is 0 Å². The van der Waals surface area contributed by atoms with Gasteiger partial charge in [0.2, 0.25) is 0 Å². The van der Waals surface area contributed by atoms with Crippen molar-refractivity contribution >= 4 is 27.3 Å². The zero-order valence-corrected chi connectivity index (χ0v) is 11.3. The van der Waals surface area contributed by atoms with Crippen molar-refractivity contribution in [3.63, 3.8) is 0 Å². The Kier molecular flexibility index (Phi) is 3.76. The van der Waals surface area contributed by atoms with E-state index in [1.54, 1.807) is 11.3 Å². The molecular weight excluding hydrogens is 284 g/mol. The fourth-order valence-corrected chi connectivity index (χ4v) is 3.22. The van der Waals surface area contributed by atoms with Crippen molar-refractivity contribution in [2.75, 3.05) is 0 Å². The van der Waals surface area contributed by atoms with Crippen LogP contribution in [0.5, 0.6) is 0 Å². The molecule has 1 heterocycles. The molecule has 84 valence electrons. The summed E-state index contributed by atoms with van der Waals surface area (Å²) in [6.07, 6.45) is 0. The van der Waals surface area contributed by atoms with Crippen LogP contribution in [0.2, 0.25) is 0 Å². The second kappa shape index (κ2) is 5.10. The van der Waals surface area contributed by atoms with Crippen molar-refractivity contribution in [1.82, 2.24) is 5.43 Å². The van der Waals surface area contributed by atoms with E-state index in [0.29, 0.717) is 0 Å². The van der Waals surface area contributed by atoms with Crippen molar-refractivity contribution in [2.45, 2.75) is 13.0 Å². The number of halogens is 1. The van der Waals surface area contributed by atoms with Crippen LogP contribution in [0.3, 0.4) is 0 Å². The Labute approximate surface area is 108 Å². The maximum absolute atomic E-state index is 5.66. The lowest BCUT2D eigenvalue weighted by atomic mass is 10.0. The largest absolute Gasteiger partial charge is 0.271 e. The molecule has 1 aromatic carbocycles. The molecule has 0 saturated carbocycles. The lowest BCUT2D eigenvalue weighted by Gasteiger charge is -2.16. The van der Waals surface area contributed by atoms with Crippen molar-refractivity contribution in [1.29, 1.82) is 0 Å². The minimum atomic E-state index is 0.0671. The van der Waals surface area contributed by atoms with E-state index in [9.17, 15) is 0 Å². The highest BCUT2D eigenvalue weighted by atomic mass is 79.9. The number of benzene rings is 1. The monoisotopic (exact) mass is 296 g/mol. The molecule has 0 spiro atoms. The Balaban J connectivity index is 2.40. The lowest BCUT2D eigenvalue weighted by Crippen LogP contribution is -2.28. The second-order valence-electron chi connectivity index (χ2n) is 3.60. The molecule has 0 aliphatic heterocycles. The topological polar surface area (TPSA) is 38.0 Å². The summed E-state index contributed by atoms with van der Waals surface area (Å²) < 4.78 is 1.12. The van der Waals surface area contributed by atoms with Gasteiger partial charge in [0.25, 0.3) is 0 Å². The molecule has 0 aliphatic carbocycles. The summed E-state index contributed by atoms with van der Waals surface area (Å²) in [6.45, 7) is 2.10. The number of aryl methyl sites for hydroxylation is 1. The number of hydrazine groups is 1. The minimum absolute atomic E-state index is 0.0671. The number of thiophene rings is 1. The Morgan fingerprint density at radius 2 is 2.00 bits per heavy atom. The average Bonchev–Trinajstić information content (AvgIpc) is 2.69. The van der Waals surface area contributed by atoms with Crippen LogP contribution in [-0.4, -0.2) is 0 Å². The van der Waals surface area contributed by atoms with Crippen molar-refractivity contribution in [2.24, 2.45) is 5.84 Å². The van der Waals surface area contributed by atoms with Crippen LogP contribution >= 0.6 is 27.3 Å². The van der Waals surface area contributed by atoms with E-state index in [1.165, 1.54) is 16.0 Å². The van der Waals surface area contributed by atoms with Gasteiger partial charge in [-0.15, -0.1) is 11.3 Å². The first-order valence-electron chi connectivity index (χ1n) is 4.99. The Bertz CT molecular complexity index is 481. The molecule has 1 unspecified atom stereocenters. The van der Waals surface area contributed by atoms with Gasteiger partial charge >= 0.3 is 0 Å². The Morgan fingerprint density at radius 3 is 2.56 bits per heavy atom. The Morgan fingerprint density at radius 1 is 1.25 bits per heavy atom. The predicted molar refractivity (Wildman–Crippen MR) is 72.4 cm³/mol. The van der Waals surface area contributed by atoms with E-state index in [2.05, 4.69) is 46.5 Å². The number of nitrogens with two attached hydrogens (primary N) is 1. The van der Waals surface area contributed by atoms with Crippen LogP contribution in [0, 0.1) is 6.92 Å². The third-order valence-electron chi connectivity index (χ3n) is 2.54. The summed E-state index contributed by atoms with van der Waals surface area (Å²) in [5.74, 6) is 5.66. The van der Waals surface area contributed by atoms with Gasteiger partial charge in [0.15, 0.2) is 0 Å². The first kappa shape index (κ1) is 11.8. The first-order valence-corrected chi connectivity index (χ1v) is 6.60. The summed E-state index contributed by atoms with van der Waals surface area (Å²) in [7, 11) is 0. The van der Waals surface area contributed by atoms with Crippen molar-refractivity contribution in [3.8, 4) is 0 Å². The summed E-state index contributed by atoms with van der Waals surface area (Å²) in [4.78, 5) is 1.21. The fourth-order valence-electron chi connectivity index (χ4n) is 1.72. The van der Waals surface area contributed by atoms with Gasteiger partial charge in [0.05, 0.1) is 9.83 Å². The van der Waals surface area contributed by atoms with E-state index in [4.69, 9.17) is 5.84 Å². The minimum Gasteiger partial charge on any atom is -0.271 e. The summed E-state index contributed by atoms with van der Waals surface area (Å²) in [5.41, 5.74) is 5.35. The molecule has 2 rings (SSSR count). The molecule has 0 saturated heterocycles. The maximum Gasteiger partial charge on any atom is 0.0805 e. The molecule has 0 fully saturated rings. The number of hydrogen-bond acceptors (Lipinski definition) is 3. The smallest absolute Gasteiger partial charge is 0.0805 e. The normalized spacial score (nSPS) is 12.7. The van der Waals surface area contributed by atoms with E-state index >= 15 is 0 Å². The quantitative estimate of drug-likeness (QED) is 0.673. The highest BCUT2D eigenvalue weighted by Gasteiger charge is 2.15. The molecule has 0 amide bonds.